The van der Waals surface area contributed by atoms with Crippen molar-refractivity contribution in [2.45, 2.75) is 13.8 Å². The Morgan fingerprint density at radius 1 is 0.531 bits per heavy atom. The van der Waals surface area contributed by atoms with Gasteiger partial charge in [-0.15, -0.1) is 0 Å². The van der Waals surface area contributed by atoms with E-state index in [4.69, 9.17) is 33.2 Å². The fourth-order valence-electron chi connectivity index (χ4n) is 3.35. The van der Waals surface area contributed by atoms with Crippen LogP contribution in [0.15, 0.2) is 107 Å². The van der Waals surface area contributed by atoms with Crippen molar-refractivity contribution in [2.75, 3.05) is 0 Å². The molecule has 4 aromatic carbocycles. The highest BCUT2D eigenvalue weighted by atomic mass is 35.5. The molecule has 0 fully saturated rings. The van der Waals surface area contributed by atoms with Crippen molar-refractivity contribution in [3.05, 3.63) is 129 Å². The molecule has 0 aromatic heterocycles. The van der Waals surface area contributed by atoms with Gasteiger partial charge in [-0.2, -0.15) is 0 Å². The Hall–Kier alpha value is -3.20. The van der Waals surface area contributed by atoms with E-state index in [-0.39, 0.29) is 0 Å². The van der Waals surface area contributed by atoms with Gasteiger partial charge in [0.15, 0.2) is 0 Å². The highest BCUT2D eigenvalue weighted by Gasteiger charge is 2.16. The summed E-state index contributed by atoms with van der Waals surface area (Å²) in [5, 5.41) is 1.19. The zero-order valence-corrected chi connectivity index (χ0v) is 19.4. The van der Waals surface area contributed by atoms with Gasteiger partial charge in [0, 0.05) is 11.1 Å². The Morgan fingerprint density at radius 2 is 0.906 bits per heavy atom. The van der Waals surface area contributed by atoms with E-state index in [9.17, 15) is 0 Å². The van der Waals surface area contributed by atoms with E-state index >= 15 is 0 Å². The van der Waals surface area contributed by atoms with Gasteiger partial charge in [0.1, 0.15) is 0 Å². The summed E-state index contributed by atoms with van der Waals surface area (Å²) in [7, 11) is 0. The molecule has 0 aliphatic heterocycles. The lowest BCUT2D eigenvalue weighted by atomic mass is 9.99. The van der Waals surface area contributed by atoms with Crippen molar-refractivity contribution in [2.24, 2.45) is 9.98 Å². The molecule has 0 aliphatic rings. The molecule has 4 aromatic rings. The predicted molar refractivity (Wildman–Crippen MR) is 138 cm³/mol. The molecular formula is C28H22Cl2N2. The quantitative estimate of drug-likeness (QED) is 0.268. The molecule has 0 unspecified atom stereocenters. The van der Waals surface area contributed by atoms with Gasteiger partial charge in [-0.05, 0) is 49.2 Å². The third-order valence-corrected chi connectivity index (χ3v) is 5.60. The Morgan fingerprint density at radius 3 is 1.25 bits per heavy atom. The van der Waals surface area contributed by atoms with Crippen LogP contribution in [0, 0.1) is 13.8 Å². The lowest BCUT2D eigenvalue weighted by Gasteiger charge is -2.13. The summed E-state index contributed by atoms with van der Waals surface area (Å²) >= 11 is 13.1. The second kappa shape index (κ2) is 9.95. The van der Waals surface area contributed by atoms with Crippen molar-refractivity contribution in [3.63, 3.8) is 0 Å². The average Bonchev–Trinajstić information content (AvgIpc) is 2.80. The average molecular weight is 457 g/mol. The van der Waals surface area contributed by atoms with Gasteiger partial charge in [-0.3, -0.25) is 0 Å². The molecule has 4 rings (SSSR count). The van der Waals surface area contributed by atoms with Crippen molar-refractivity contribution in [3.8, 4) is 0 Å². The minimum Gasteiger partial charge on any atom is -0.245 e. The normalized spacial score (nSPS) is 12.1. The summed E-state index contributed by atoms with van der Waals surface area (Å²) in [6, 6.07) is 31.7. The maximum absolute atomic E-state index is 6.55. The second-order valence-corrected chi connectivity index (χ2v) is 8.38. The SMILES string of the molecule is Cc1ccc(N=C(C(=Nc2ccc(C)cc2Cl)c2ccccc2)c2ccccc2)c(Cl)c1. The van der Waals surface area contributed by atoms with E-state index in [0.29, 0.717) is 21.4 Å². The highest BCUT2D eigenvalue weighted by molar-refractivity contribution is 6.54. The number of benzene rings is 4. The fraction of sp³-hybridized carbons (Fsp3) is 0.0714. The first-order valence-corrected chi connectivity index (χ1v) is 11.1. The number of nitrogens with zero attached hydrogens (tertiary/aromatic N) is 2. The molecular weight excluding hydrogens is 435 g/mol. The summed E-state index contributed by atoms with van der Waals surface area (Å²) in [5.74, 6) is 0. The van der Waals surface area contributed by atoms with E-state index in [1.54, 1.807) is 0 Å². The molecule has 0 atom stereocenters. The lowest BCUT2D eigenvalue weighted by molar-refractivity contribution is 1.42. The lowest BCUT2D eigenvalue weighted by Crippen LogP contribution is -2.17. The van der Waals surface area contributed by atoms with Gasteiger partial charge in [-0.1, -0.05) is 96.0 Å². The van der Waals surface area contributed by atoms with Crippen LogP contribution >= 0.6 is 23.2 Å². The van der Waals surface area contributed by atoms with Crippen molar-refractivity contribution >= 4 is 46.0 Å². The summed E-state index contributed by atoms with van der Waals surface area (Å²) in [5.41, 5.74) is 6.87. The van der Waals surface area contributed by atoms with Crippen LogP contribution in [0.1, 0.15) is 22.3 Å². The summed E-state index contributed by atoms with van der Waals surface area (Å²) in [6.45, 7) is 4.02. The van der Waals surface area contributed by atoms with Gasteiger partial charge >= 0.3 is 0 Å². The number of hydrogen-bond acceptors (Lipinski definition) is 2. The van der Waals surface area contributed by atoms with Gasteiger partial charge in [-0.25, -0.2) is 9.98 Å². The Kier molecular flexibility index (Phi) is 6.84. The predicted octanol–water partition coefficient (Wildman–Crippen LogP) is 8.55. The van der Waals surface area contributed by atoms with Crippen LogP contribution in [0.25, 0.3) is 0 Å². The molecule has 2 nitrogen and oxygen atoms in total. The first kappa shape index (κ1) is 22.0. The van der Waals surface area contributed by atoms with E-state index < -0.39 is 0 Å². The van der Waals surface area contributed by atoms with Crippen LogP contribution in [0.4, 0.5) is 11.4 Å². The fourth-order valence-corrected chi connectivity index (χ4v) is 3.90. The smallest absolute Gasteiger partial charge is 0.0972 e. The van der Waals surface area contributed by atoms with Crippen LogP contribution in [-0.2, 0) is 0 Å². The van der Waals surface area contributed by atoms with Crippen LogP contribution in [0.2, 0.25) is 10.0 Å². The van der Waals surface area contributed by atoms with Gasteiger partial charge in [0.05, 0.1) is 32.8 Å². The largest absolute Gasteiger partial charge is 0.245 e. The van der Waals surface area contributed by atoms with E-state index in [0.717, 1.165) is 33.7 Å². The first-order chi connectivity index (χ1) is 15.5. The number of aryl methyl sites for hydroxylation is 2. The standard InChI is InChI=1S/C28H22Cl2N2/c1-19-13-15-25(23(29)17-19)31-27(21-9-5-3-6-10-21)28(22-11-7-4-8-12-22)32-26-16-14-20(2)18-24(26)30/h3-18H,1-2H3. The van der Waals surface area contributed by atoms with Crippen molar-refractivity contribution < 1.29 is 0 Å². The number of rotatable bonds is 5. The number of hydrogen-bond donors (Lipinski definition) is 0. The third-order valence-electron chi connectivity index (χ3n) is 4.99. The maximum atomic E-state index is 6.55. The molecule has 4 heteroatoms. The molecule has 0 saturated carbocycles. The van der Waals surface area contributed by atoms with Gasteiger partial charge in [0.25, 0.3) is 0 Å². The third kappa shape index (κ3) is 5.16. The van der Waals surface area contributed by atoms with Crippen LogP contribution in [0.3, 0.4) is 0 Å². The molecule has 0 bridgehead atoms. The summed E-state index contributed by atoms with van der Waals surface area (Å²) in [6.07, 6.45) is 0. The molecule has 0 spiro atoms. The molecule has 0 saturated heterocycles. The minimum absolute atomic E-state index is 0.596. The first-order valence-electron chi connectivity index (χ1n) is 10.3. The van der Waals surface area contributed by atoms with E-state index in [1.807, 2.05) is 111 Å². The molecule has 0 N–H and O–H groups in total. The summed E-state index contributed by atoms with van der Waals surface area (Å²) in [4.78, 5) is 10.0. The van der Waals surface area contributed by atoms with Crippen molar-refractivity contribution in [1.29, 1.82) is 0 Å². The Bertz CT molecular complexity index is 1190. The zero-order chi connectivity index (χ0) is 22.5. The van der Waals surface area contributed by atoms with Gasteiger partial charge in [0.2, 0.25) is 0 Å². The molecule has 32 heavy (non-hydrogen) atoms. The molecule has 158 valence electrons. The molecule has 0 heterocycles. The zero-order valence-electron chi connectivity index (χ0n) is 17.9. The monoisotopic (exact) mass is 456 g/mol. The molecule has 0 amide bonds. The summed E-state index contributed by atoms with van der Waals surface area (Å²) < 4.78 is 0. The topological polar surface area (TPSA) is 24.7 Å². The second-order valence-electron chi connectivity index (χ2n) is 7.56. The van der Waals surface area contributed by atoms with E-state index in [1.165, 1.54) is 0 Å². The Labute approximate surface area is 198 Å². The highest BCUT2D eigenvalue weighted by Crippen LogP contribution is 2.30. The molecule has 0 aliphatic carbocycles. The van der Waals surface area contributed by atoms with Gasteiger partial charge < -0.3 is 0 Å². The maximum Gasteiger partial charge on any atom is 0.0972 e. The van der Waals surface area contributed by atoms with Crippen LogP contribution in [0.5, 0.6) is 0 Å². The number of halogens is 2. The Balaban J connectivity index is 1.99. The van der Waals surface area contributed by atoms with Crippen LogP contribution < -0.4 is 0 Å². The van der Waals surface area contributed by atoms with Crippen LogP contribution in [-0.4, -0.2) is 11.4 Å². The van der Waals surface area contributed by atoms with E-state index in [2.05, 4.69) is 0 Å². The molecule has 0 radical (unpaired) electrons. The van der Waals surface area contributed by atoms with Crippen molar-refractivity contribution in [1.82, 2.24) is 0 Å². The number of aliphatic imine (C=N–C) groups is 2. The minimum atomic E-state index is 0.596.